The summed E-state index contributed by atoms with van der Waals surface area (Å²) >= 11 is 3.46. The highest BCUT2D eigenvalue weighted by Gasteiger charge is 2.12. The first-order valence-electron chi connectivity index (χ1n) is 8.80. The molecule has 2 aromatic carbocycles. The molecule has 140 valence electrons. The van der Waals surface area contributed by atoms with E-state index in [2.05, 4.69) is 26.2 Å². The monoisotopic (exact) mass is 427 g/mol. The van der Waals surface area contributed by atoms with E-state index in [1.54, 1.807) is 11.5 Å². The number of carbonyl (C=O) groups is 1. The van der Waals surface area contributed by atoms with Gasteiger partial charge in [0.15, 0.2) is 0 Å². The van der Waals surface area contributed by atoms with Crippen LogP contribution in [0.1, 0.15) is 28.8 Å². The standard InChI is InChI=1S/C21H22BrN3O2/c1-12-5-6-17(16(22)9-12)24-20(26)7-8-25-19-11-14(3)13(2)10-18(19)23-15(4)21(25)27/h5-6,9-11H,7-8H2,1-4H3,(H,24,26). The molecule has 1 N–H and O–H groups in total. The molecule has 0 bridgehead atoms. The average molecular weight is 428 g/mol. The van der Waals surface area contributed by atoms with Crippen LogP contribution >= 0.6 is 15.9 Å². The van der Waals surface area contributed by atoms with Gasteiger partial charge in [0, 0.05) is 17.4 Å². The van der Waals surface area contributed by atoms with Gasteiger partial charge in [-0.2, -0.15) is 0 Å². The van der Waals surface area contributed by atoms with Gasteiger partial charge >= 0.3 is 0 Å². The molecule has 3 aromatic rings. The lowest BCUT2D eigenvalue weighted by Crippen LogP contribution is -2.26. The van der Waals surface area contributed by atoms with E-state index >= 15 is 0 Å². The van der Waals surface area contributed by atoms with Crippen molar-refractivity contribution in [2.75, 3.05) is 5.32 Å². The smallest absolute Gasteiger partial charge is 0.272 e. The van der Waals surface area contributed by atoms with Crippen LogP contribution in [0.15, 0.2) is 39.6 Å². The number of halogens is 1. The molecular formula is C21H22BrN3O2. The van der Waals surface area contributed by atoms with Gasteiger partial charge in [-0.05, 0) is 84.6 Å². The highest BCUT2D eigenvalue weighted by molar-refractivity contribution is 9.10. The number of amides is 1. The van der Waals surface area contributed by atoms with E-state index in [0.29, 0.717) is 12.2 Å². The van der Waals surface area contributed by atoms with E-state index in [4.69, 9.17) is 0 Å². The van der Waals surface area contributed by atoms with Crippen LogP contribution in [0.2, 0.25) is 0 Å². The number of aromatic nitrogens is 2. The topological polar surface area (TPSA) is 64.0 Å². The van der Waals surface area contributed by atoms with Gasteiger partial charge in [0.2, 0.25) is 5.91 Å². The summed E-state index contributed by atoms with van der Waals surface area (Å²) in [7, 11) is 0. The zero-order chi connectivity index (χ0) is 19.7. The lowest BCUT2D eigenvalue weighted by Gasteiger charge is -2.13. The number of anilines is 1. The zero-order valence-electron chi connectivity index (χ0n) is 15.9. The van der Waals surface area contributed by atoms with Crippen molar-refractivity contribution in [3.8, 4) is 0 Å². The minimum Gasteiger partial charge on any atom is -0.325 e. The Bertz CT molecular complexity index is 1100. The van der Waals surface area contributed by atoms with Crippen molar-refractivity contribution < 1.29 is 4.79 Å². The number of benzene rings is 2. The van der Waals surface area contributed by atoms with Gasteiger partial charge < -0.3 is 9.88 Å². The van der Waals surface area contributed by atoms with Crippen molar-refractivity contribution in [2.45, 2.75) is 40.7 Å². The summed E-state index contributed by atoms with van der Waals surface area (Å²) in [5.74, 6) is -0.141. The minimum absolute atomic E-state index is 0.141. The molecule has 0 fully saturated rings. The molecule has 27 heavy (non-hydrogen) atoms. The van der Waals surface area contributed by atoms with Crippen molar-refractivity contribution in [3.05, 3.63) is 67.5 Å². The molecule has 5 nitrogen and oxygen atoms in total. The predicted molar refractivity (Wildman–Crippen MR) is 112 cm³/mol. The molecule has 0 aliphatic rings. The van der Waals surface area contributed by atoms with Crippen LogP contribution in [0.3, 0.4) is 0 Å². The van der Waals surface area contributed by atoms with Crippen molar-refractivity contribution >= 4 is 38.6 Å². The molecule has 0 aliphatic heterocycles. The molecule has 3 rings (SSSR count). The van der Waals surface area contributed by atoms with Gasteiger partial charge in [-0.1, -0.05) is 6.07 Å². The van der Waals surface area contributed by atoms with Crippen LogP contribution in [0.25, 0.3) is 11.0 Å². The van der Waals surface area contributed by atoms with E-state index in [1.807, 2.05) is 51.1 Å². The van der Waals surface area contributed by atoms with Crippen LogP contribution in [0.5, 0.6) is 0 Å². The number of hydrogen-bond donors (Lipinski definition) is 1. The minimum atomic E-state index is -0.157. The SMILES string of the molecule is Cc1ccc(NC(=O)CCn2c(=O)c(C)nc3cc(C)c(C)cc32)c(Br)c1. The Morgan fingerprint density at radius 3 is 2.52 bits per heavy atom. The van der Waals surface area contributed by atoms with Gasteiger partial charge in [0.05, 0.1) is 16.7 Å². The van der Waals surface area contributed by atoms with Crippen molar-refractivity contribution in [2.24, 2.45) is 0 Å². The number of hydrogen-bond acceptors (Lipinski definition) is 3. The summed E-state index contributed by atoms with van der Waals surface area (Å²) < 4.78 is 2.48. The Kier molecular flexibility index (Phi) is 5.46. The van der Waals surface area contributed by atoms with E-state index in [1.165, 1.54) is 0 Å². The van der Waals surface area contributed by atoms with Crippen molar-refractivity contribution in [3.63, 3.8) is 0 Å². The van der Waals surface area contributed by atoms with Gasteiger partial charge in [-0.15, -0.1) is 0 Å². The molecular weight excluding hydrogens is 406 g/mol. The van der Waals surface area contributed by atoms with E-state index < -0.39 is 0 Å². The Hall–Kier alpha value is -2.47. The normalized spacial score (nSPS) is 11.0. The molecule has 0 atom stereocenters. The first-order valence-corrected chi connectivity index (χ1v) is 9.60. The highest BCUT2D eigenvalue weighted by Crippen LogP contribution is 2.23. The number of carbonyl (C=O) groups excluding carboxylic acids is 1. The maximum atomic E-state index is 12.6. The molecule has 0 aliphatic carbocycles. The fourth-order valence-corrected chi connectivity index (χ4v) is 3.59. The number of nitrogens with zero attached hydrogens (tertiary/aromatic N) is 2. The average Bonchev–Trinajstić information content (AvgIpc) is 2.60. The van der Waals surface area contributed by atoms with Crippen LogP contribution < -0.4 is 10.9 Å². The maximum absolute atomic E-state index is 12.6. The van der Waals surface area contributed by atoms with E-state index in [-0.39, 0.29) is 17.9 Å². The van der Waals surface area contributed by atoms with E-state index in [0.717, 1.165) is 37.9 Å². The number of aryl methyl sites for hydroxylation is 5. The molecule has 1 aromatic heterocycles. The van der Waals surface area contributed by atoms with E-state index in [9.17, 15) is 9.59 Å². The van der Waals surface area contributed by atoms with Crippen LogP contribution in [-0.2, 0) is 11.3 Å². The molecule has 1 amide bonds. The van der Waals surface area contributed by atoms with Gasteiger partial charge in [0.1, 0.15) is 5.69 Å². The molecule has 0 saturated heterocycles. The maximum Gasteiger partial charge on any atom is 0.272 e. The van der Waals surface area contributed by atoms with Gasteiger partial charge in [-0.25, -0.2) is 4.98 Å². The second kappa shape index (κ2) is 7.64. The van der Waals surface area contributed by atoms with Crippen LogP contribution in [0, 0.1) is 27.7 Å². The Morgan fingerprint density at radius 2 is 1.81 bits per heavy atom. The third-order valence-electron chi connectivity index (χ3n) is 4.69. The largest absolute Gasteiger partial charge is 0.325 e. The molecule has 0 spiro atoms. The third kappa shape index (κ3) is 4.11. The highest BCUT2D eigenvalue weighted by atomic mass is 79.9. The first kappa shape index (κ1) is 19.3. The van der Waals surface area contributed by atoms with Crippen LogP contribution in [-0.4, -0.2) is 15.5 Å². The van der Waals surface area contributed by atoms with Crippen molar-refractivity contribution in [1.82, 2.24) is 9.55 Å². The molecule has 0 radical (unpaired) electrons. The van der Waals surface area contributed by atoms with Gasteiger partial charge in [-0.3, -0.25) is 9.59 Å². The predicted octanol–water partition coefficient (Wildman–Crippen LogP) is 4.42. The second-order valence-corrected chi connectivity index (χ2v) is 7.71. The fraction of sp³-hybridized carbons (Fsp3) is 0.286. The third-order valence-corrected chi connectivity index (χ3v) is 5.34. The molecule has 0 unspecified atom stereocenters. The Labute approximate surface area is 166 Å². The second-order valence-electron chi connectivity index (χ2n) is 6.86. The number of fused-ring (bicyclic) bond motifs is 1. The van der Waals surface area contributed by atoms with Gasteiger partial charge in [0.25, 0.3) is 5.56 Å². The Balaban J connectivity index is 1.86. The summed E-state index contributed by atoms with van der Waals surface area (Å²) in [5, 5.41) is 2.89. The quantitative estimate of drug-likeness (QED) is 0.669. The zero-order valence-corrected chi connectivity index (χ0v) is 17.5. The first-order chi connectivity index (χ1) is 12.8. The van der Waals surface area contributed by atoms with Crippen molar-refractivity contribution in [1.29, 1.82) is 0 Å². The fourth-order valence-electron chi connectivity index (χ4n) is 2.99. The number of nitrogens with one attached hydrogen (secondary N) is 1. The summed E-state index contributed by atoms with van der Waals surface area (Å²) in [6, 6.07) is 9.70. The Morgan fingerprint density at radius 1 is 1.11 bits per heavy atom. The molecule has 1 heterocycles. The lowest BCUT2D eigenvalue weighted by atomic mass is 10.1. The molecule has 6 heteroatoms. The van der Waals surface area contributed by atoms with Crippen LogP contribution in [0.4, 0.5) is 5.69 Å². The summed E-state index contributed by atoms with van der Waals surface area (Å²) in [6.45, 7) is 8.02. The lowest BCUT2D eigenvalue weighted by molar-refractivity contribution is -0.116. The summed E-state index contributed by atoms with van der Waals surface area (Å²) in [5.41, 5.74) is 5.87. The summed E-state index contributed by atoms with van der Waals surface area (Å²) in [4.78, 5) is 29.4. The summed E-state index contributed by atoms with van der Waals surface area (Å²) in [6.07, 6.45) is 0.200. The molecule has 0 saturated carbocycles. The number of rotatable bonds is 4.